The molecule has 4 atom stereocenters. The monoisotopic (exact) mass is 468 g/mol. The Morgan fingerprint density at radius 2 is 1.09 bits per heavy atom. The number of fused-ring (bicyclic) bond motifs is 1. The van der Waals surface area contributed by atoms with Crippen molar-refractivity contribution in [1.29, 1.82) is 0 Å². The van der Waals surface area contributed by atoms with Gasteiger partial charge in [0.1, 0.15) is 12.2 Å². The van der Waals surface area contributed by atoms with Crippen LogP contribution in [-0.4, -0.2) is 94.4 Å². The number of nitrogens with zero attached hydrogens (tertiary/aromatic N) is 2. The molecule has 2 heterocycles. The highest BCUT2D eigenvalue weighted by Gasteiger charge is 2.51. The Morgan fingerprint density at radius 1 is 0.688 bits per heavy atom. The molecule has 0 radical (unpaired) electrons. The minimum Gasteiger partial charge on any atom is -0.457 e. The highest BCUT2D eigenvalue weighted by atomic mass is 17.1. The van der Waals surface area contributed by atoms with Gasteiger partial charge in [-0.2, -0.15) is 0 Å². The molecule has 0 aliphatic carbocycles. The van der Waals surface area contributed by atoms with Crippen LogP contribution in [0.5, 0.6) is 0 Å². The van der Waals surface area contributed by atoms with E-state index in [-0.39, 0.29) is 62.0 Å². The number of rotatable bonds is 16. The standard InChI is InChI=1S/C18H32N2O12/c21-15(7-3-1-5-9-29-19(23)24)31-13-11-27-18-14(12-28-17(13)18)32-16(22)8-4-2-6-10-30-20(25)26/h13-14,17-18,23-26H,1-12H2/t13-,14-,17-,18-/m1/s1. The van der Waals surface area contributed by atoms with Crippen molar-refractivity contribution in [2.45, 2.75) is 75.8 Å². The zero-order chi connectivity index (χ0) is 23.3. The normalized spacial score (nSPS) is 24.8. The smallest absolute Gasteiger partial charge is 0.306 e. The molecular weight excluding hydrogens is 436 g/mol. The molecule has 2 fully saturated rings. The van der Waals surface area contributed by atoms with Crippen molar-refractivity contribution < 1.29 is 59.0 Å². The number of ether oxygens (including phenoxy) is 4. The maximum Gasteiger partial charge on any atom is 0.306 e. The van der Waals surface area contributed by atoms with Crippen molar-refractivity contribution in [3.05, 3.63) is 0 Å². The fourth-order valence-corrected chi connectivity index (χ4v) is 3.48. The van der Waals surface area contributed by atoms with Crippen LogP contribution < -0.4 is 0 Å². The van der Waals surface area contributed by atoms with E-state index in [9.17, 15) is 9.59 Å². The molecule has 0 amide bonds. The number of hydrogen-bond acceptors (Lipinski definition) is 14. The predicted octanol–water partition coefficient (Wildman–Crippen LogP) is 0.752. The second-order valence-electron chi connectivity index (χ2n) is 7.45. The third kappa shape index (κ3) is 9.99. The molecule has 0 aromatic carbocycles. The highest BCUT2D eigenvalue weighted by Crippen LogP contribution is 2.31. The van der Waals surface area contributed by atoms with E-state index in [1.165, 1.54) is 0 Å². The van der Waals surface area contributed by atoms with Crippen molar-refractivity contribution in [2.24, 2.45) is 0 Å². The van der Waals surface area contributed by atoms with Gasteiger partial charge < -0.3 is 18.9 Å². The van der Waals surface area contributed by atoms with Gasteiger partial charge in [0.15, 0.2) is 12.2 Å². The van der Waals surface area contributed by atoms with Gasteiger partial charge >= 0.3 is 11.9 Å². The second kappa shape index (κ2) is 14.6. The molecule has 32 heavy (non-hydrogen) atoms. The van der Waals surface area contributed by atoms with Crippen molar-refractivity contribution in [2.75, 3.05) is 26.4 Å². The average molecular weight is 468 g/mol. The molecule has 2 aliphatic rings. The summed E-state index contributed by atoms with van der Waals surface area (Å²) in [6.07, 6.45) is 1.85. The molecule has 0 aromatic heterocycles. The number of carbonyl (C=O) groups excluding carboxylic acids is 2. The summed E-state index contributed by atoms with van der Waals surface area (Å²) in [6, 6.07) is 0. The SMILES string of the molecule is O=C(CCCCCON(O)O)O[C@@H]1CO[C@H]2[C@@H]1OC[C@H]2OC(=O)CCCCCON(O)O. The zero-order valence-electron chi connectivity index (χ0n) is 17.7. The van der Waals surface area contributed by atoms with Gasteiger partial charge in [-0.15, -0.1) is 0 Å². The van der Waals surface area contributed by atoms with Gasteiger partial charge in [0, 0.05) is 12.8 Å². The minimum absolute atomic E-state index is 0.122. The Bertz CT molecular complexity index is 516. The second-order valence-corrected chi connectivity index (χ2v) is 7.45. The fraction of sp³-hybridized carbons (Fsp3) is 0.889. The average Bonchev–Trinajstić information content (AvgIpc) is 3.30. The van der Waals surface area contributed by atoms with Gasteiger partial charge in [-0.1, -0.05) is 12.8 Å². The number of hydrogen-bond donors (Lipinski definition) is 4. The first-order chi connectivity index (χ1) is 15.4. The largest absolute Gasteiger partial charge is 0.457 e. The summed E-state index contributed by atoms with van der Waals surface area (Å²) in [5.41, 5.74) is 0. The Balaban J connectivity index is 1.57. The number of carbonyl (C=O) groups is 2. The molecule has 14 nitrogen and oxygen atoms in total. The summed E-state index contributed by atoms with van der Waals surface area (Å²) >= 11 is 0. The van der Waals surface area contributed by atoms with Crippen LogP contribution in [0, 0.1) is 0 Å². The summed E-state index contributed by atoms with van der Waals surface area (Å²) in [7, 11) is 0. The van der Waals surface area contributed by atoms with Crippen molar-refractivity contribution in [3.63, 3.8) is 0 Å². The van der Waals surface area contributed by atoms with Crippen molar-refractivity contribution in [1.82, 2.24) is 10.8 Å². The first-order valence-electron chi connectivity index (χ1n) is 10.6. The Labute approximate surface area is 184 Å². The quantitative estimate of drug-likeness (QED) is 0.142. The van der Waals surface area contributed by atoms with Crippen LogP contribution in [0.2, 0.25) is 0 Å². The summed E-state index contributed by atoms with van der Waals surface area (Å²) in [5.74, 6) is -0.769. The molecule has 4 N–H and O–H groups in total. The van der Waals surface area contributed by atoms with E-state index in [1.54, 1.807) is 0 Å². The van der Waals surface area contributed by atoms with E-state index in [0.717, 1.165) is 0 Å². The maximum atomic E-state index is 12.0. The first-order valence-corrected chi connectivity index (χ1v) is 10.6. The minimum atomic E-state index is -0.561. The third-order valence-corrected chi connectivity index (χ3v) is 4.99. The van der Waals surface area contributed by atoms with Gasteiger partial charge in [0.2, 0.25) is 0 Å². The molecule has 0 spiro atoms. The predicted molar refractivity (Wildman–Crippen MR) is 98.9 cm³/mol. The van der Waals surface area contributed by atoms with Gasteiger partial charge in [-0.3, -0.25) is 40.1 Å². The molecule has 0 saturated carbocycles. The van der Waals surface area contributed by atoms with E-state index in [4.69, 9.17) is 39.8 Å². The van der Waals surface area contributed by atoms with Gasteiger partial charge in [-0.05, 0) is 25.7 Å². The Hall–Kier alpha value is -1.46. The lowest BCUT2D eigenvalue weighted by Gasteiger charge is -2.17. The lowest BCUT2D eigenvalue weighted by molar-refractivity contribution is -0.492. The number of esters is 2. The molecule has 2 rings (SSSR count). The van der Waals surface area contributed by atoms with E-state index in [0.29, 0.717) is 38.5 Å². The summed E-state index contributed by atoms with van der Waals surface area (Å²) in [4.78, 5) is 32.9. The van der Waals surface area contributed by atoms with Crippen molar-refractivity contribution in [3.8, 4) is 0 Å². The fourth-order valence-electron chi connectivity index (χ4n) is 3.48. The molecule has 0 unspecified atom stereocenters. The van der Waals surface area contributed by atoms with E-state index in [2.05, 4.69) is 9.68 Å². The maximum absolute atomic E-state index is 12.0. The van der Waals surface area contributed by atoms with Crippen LogP contribution in [-0.2, 0) is 38.2 Å². The van der Waals surface area contributed by atoms with Crippen LogP contribution in [0.15, 0.2) is 0 Å². The van der Waals surface area contributed by atoms with Crippen LogP contribution >= 0.6 is 0 Å². The Morgan fingerprint density at radius 3 is 1.47 bits per heavy atom. The Kier molecular flexibility index (Phi) is 12.3. The zero-order valence-corrected chi connectivity index (χ0v) is 17.7. The van der Waals surface area contributed by atoms with Gasteiger partial charge in [0.05, 0.1) is 37.2 Å². The van der Waals surface area contributed by atoms with Crippen LogP contribution in [0.3, 0.4) is 0 Å². The van der Waals surface area contributed by atoms with Gasteiger partial charge in [-0.25, -0.2) is 0 Å². The van der Waals surface area contributed by atoms with Crippen LogP contribution in [0.25, 0.3) is 0 Å². The van der Waals surface area contributed by atoms with E-state index < -0.39 is 24.4 Å². The highest BCUT2D eigenvalue weighted by molar-refractivity contribution is 5.70. The van der Waals surface area contributed by atoms with Crippen molar-refractivity contribution >= 4 is 11.9 Å². The number of unbranched alkanes of at least 4 members (excludes halogenated alkanes) is 4. The summed E-state index contributed by atoms with van der Waals surface area (Å²) in [5, 5.41) is 32.9. The van der Waals surface area contributed by atoms with E-state index in [1.807, 2.05) is 0 Å². The molecule has 0 aromatic rings. The van der Waals surface area contributed by atoms with Gasteiger partial charge in [0.25, 0.3) is 0 Å². The summed E-state index contributed by atoms with van der Waals surface area (Å²) < 4.78 is 22.2. The lowest BCUT2D eigenvalue weighted by Crippen LogP contribution is -2.35. The summed E-state index contributed by atoms with van der Waals surface area (Å²) in [6.45, 7) is 0.574. The molecule has 2 saturated heterocycles. The van der Waals surface area contributed by atoms with E-state index >= 15 is 0 Å². The lowest BCUT2D eigenvalue weighted by atomic mass is 10.1. The topological polar surface area (TPSA) is 177 Å². The molecule has 186 valence electrons. The first kappa shape index (κ1) is 26.8. The van der Waals surface area contributed by atoms with Crippen LogP contribution in [0.1, 0.15) is 51.4 Å². The molecular formula is C18H32N2O12. The molecule has 2 aliphatic heterocycles. The molecule has 0 bridgehead atoms. The third-order valence-electron chi connectivity index (χ3n) is 4.99. The molecule has 14 heteroatoms. The van der Waals surface area contributed by atoms with Crippen LogP contribution in [0.4, 0.5) is 0 Å².